The van der Waals surface area contributed by atoms with Crippen LogP contribution in [0.5, 0.6) is 0 Å². The summed E-state index contributed by atoms with van der Waals surface area (Å²) >= 11 is 6.03. The Hall–Kier alpha value is -1.02. The summed E-state index contributed by atoms with van der Waals surface area (Å²) in [6.45, 7) is 6.50. The van der Waals surface area contributed by atoms with Gasteiger partial charge in [-0.3, -0.25) is 4.98 Å². The molecule has 0 aromatic carbocycles. The fourth-order valence-corrected chi connectivity index (χ4v) is 1.63. The summed E-state index contributed by atoms with van der Waals surface area (Å²) in [5.41, 5.74) is 2.27. The summed E-state index contributed by atoms with van der Waals surface area (Å²) in [7, 11) is 0. The van der Waals surface area contributed by atoms with Gasteiger partial charge in [-0.2, -0.15) is 0 Å². The van der Waals surface area contributed by atoms with E-state index in [1.807, 2.05) is 6.20 Å². The Bertz CT molecular complexity index is 466. The van der Waals surface area contributed by atoms with Crippen molar-refractivity contribution in [2.24, 2.45) is 0 Å². The molecule has 0 saturated heterocycles. The van der Waals surface area contributed by atoms with Crippen LogP contribution in [0.3, 0.4) is 0 Å². The normalized spacial score (nSPS) is 12.3. The molecule has 74 valence electrons. The average molecular weight is 209 g/mol. The van der Waals surface area contributed by atoms with Gasteiger partial charge in [0.25, 0.3) is 0 Å². The van der Waals surface area contributed by atoms with Crippen LogP contribution in [0, 0.1) is 0 Å². The van der Waals surface area contributed by atoms with Crippen LogP contribution in [0.25, 0.3) is 10.9 Å². The van der Waals surface area contributed by atoms with Gasteiger partial charge in [0.1, 0.15) is 0 Å². The van der Waals surface area contributed by atoms with Crippen molar-refractivity contribution in [3.8, 4) is 0 Å². The fourth-order valence-electron chi connectivity index (χ4n) is 1.42. The van der Waals surface area contributed by atoms with Gasteiger partial charge in [0.15, 0.2) is 0 Å². The molecule has 0 fully saturated rings. The Morgan fingerprint density at radius 1 is 1.29 bits per heavy atom. The summed E-state index contributed by atoms with van der Waals surface area (Å²) in [5.74, 6) is 0. The van der Waals surface area contributed by atoms with Crippen LogP contribution in [0.4, 0.5) is 0 Å². The predicted octanol–water partition coefficient (Wildman–Crippen LogP) is 3.51. The standard InChI is InChI=1S/C11H13ClN2/c1-11(2,3)9-4-7-5-13-6-8(12)10(7)14-9/h4-6,14H,1-3H3. The molecule has 0 spiro atoms. The minimum absolute atomic E-state index is 0.113. The van der Waals surface area contributed by atoms with E-state index in [1.54, 1.807) is 6.20 Å². The third kappa shape index (κ3) is 1.50. The van der Waals surface area contributed by atoms with Gasteiger partial charge < -0.3 is 4.98 Å². The average Bonchev–Trinajstić information content (AvgIpc) is 2.48. The van der Waals surface area contributed by atoms with Gasteiger partial charge >= 0.3 is 0 Å². The molecule has 0 aliphatic carbocycles. The zero-order valence-electron chi connectivity index (χ0n) is 8.56. The maximum Gasteiger partial charge on any atom is 0.0830 e. The van der Waals surface area contributed by atoms with E-state index in [-0.39, 0.29) is 5.41 Å². The highest BCUT2D eigenvalue weighted by atomic mass is 35.5. The van der Waals surface area contributed by atoms with E-state index in [0.29, 0.717) is 5.02 Å². The lowest BCUT2D eigenvalue weighted by atomic mass is 9.92. The molecular weight excluding hydrogens is 196 g/mol. The molecule has 1 N–H and O–H groups in total. The second-order valence-corrected chi connectivity index (χ2v) is 4.93. The second-order valence-electron chi connectivity index (χ2n) is 4.52. The number of halogens is 1. The van der Waals surface area contributed by atoms with E-state index in [4.69, 9.17) is 11.6 Å². The van der Waals surface area contributed by atoms with Crippen LogP contribution in [-0.4, -0.2) is 9.97 Å². The Morgan fingerprint density at radius 2 is 2.00 bits per heavy atom. The molecule has 0 radical (unpaired) electrons. The highest BCUT2D eigenvalue weighted by Gasteiger charge is 2.16. The van der Waals surface area contributed by atoms with E-state index in [2.05, 4.69) is 36.8 Å². The van der Waals surface area contributed by atoms with Crippen LogP contribution in [-0.2, 0) is 5.41 Å². The third-order valence-electron chi connectivity index (χ3n) is 2.30. The van der Waals surface area contributed by atoms with Crippen molar-refractivity contribution >= 4 is 22.5 Å². The van der Waals surface area contributed by atoms with E-state index in [0.717, 1.165) is 10.9 Å². The minimum Gasteiger partial charge on any atom is -0.357 e. The monoisotopic (exact) mass is 208 g/mol. The lowest BCUT2D eigenvalue weighted by Gasteiger charge is -2.15. The molecule has 3 heteroatoms. The van der Waals surface area contributed by atoms with Crippen molar-refractivity contribution in [3.05, 3.63) is 29.2 Å². The molecule has 14 heavy (non-hydrogen) atoms. The Labute approximate surface area is 88.3 Å². The van der Waals surface area contributed by atoms with Gasteiger partial charge in [0, 0.05) is 28.9 Å². The summed E-state index contributed by atoms with van der Waals surface area (Å²) in [6, 6.07) is 2.11. The highest BCUT2D eigenvalue weighted by molar-refractivity contribution is 6.34. The van der Waals surface area contributed by atoms with Gasteiger partial charge in [-0.25, -0.2) is 0 Å². The first kappa shape index (κ1) is 9.53. The van der Waals surface area contributed by atoms with Crippen molar-refractivity contribution in [2.45, 2.75) is 26.2 Å². The molecule has 0 saturated carbocycles. The Kier molecular flexibility index (Phi) is 2.04. The van der Waals surface area contributed by atoms with Gasteiger partial charge in [0.05, 0.1) is 10.5 Å². The highest BCUT2D eigenvalue weighted by Crippen LogP contribution is 2.28. The number of pyridine rings is 1. The first-order valence-corrected chi connectivity index (χ1v) is 4.99. The van der Waals surface area contributed by atoms with Crippen molar-refractivity contribution in [2.75, 3.05) is 0 Å². The fraction of sp³-hybridized carbons (Fsp3) is 0.364. The molecule has 0 amide bonds. The van der Waals surface area contributed by atoms with Crippen molar-refractivity contribution in [1.82, 2.24) is 9.97 Å². The largest absolute Gasteiger partial charge is 0.357 e. The number of H-pyrrole nitrogens is 1. The number of nitrogens with one attached hydrogen (secondary N) is 1. The Balaban J connectivity index is 2.69. The quantitative estimate of drug-likeness (QED) is 0.705. The molecule has 2 aromatic heterocycles. The van der Waals surface area contributed by atoms with E-state index >= 15 is 0 Å². The van der Waals surface area contributed by atoms with Gasteiger partial charge in [-0.05, 0) is 6.07 Å². The molecule has 2 heterocycles. The van der Waals surface area contributed by atoms with E-state index in [9.17, 15) is 0 Å². The molecule has 2 nitrogen and oxygen atoms in total. The van der Waals surface area contributed by atoms with Crippen LogP contribution in [0.15, 0.2) is 18.5 Å². The minimum atomic E-state index is 0.113. The zero-order chi connectivity index (χ0) is 10.3. The topological polar surface area (TPSA) is 28.7 Å². The molecule has 0 aliphatic heterocycles. The first-order chi connectivity index (χ1) is 6.48. The third-order valence-corrected chi connectivity index (χ3v) is 2.58. The van der Waals surface area contributed by atoms with Crippen LogP contribution < -0.4 is 0 Å². The van der Waals surface area contributed by atoms with E-state index in [1.165, 1.54) is 5.69 Å². The maximum absolute atomic E-state index is 6.03. The van der Waals surface area contributed by atoms with Gasteiger partial charge in [0.2, 0.25) is 0 Å². The summed E-state index contributed by atoms with van der Waals surface area (Å²) < 4.78 is 0. The number of nitrogens with zero attached hydrogens (tertiary/aromatic N) is 1. The van der Waals surface area contributed by atoms with Crippen LogP contribution in [0.1, 0.15) is 26.5 Å². The molecule has 2 rings (SSSR count). The number of hydrogen-bond acceptors (Lipinski definition) is 1. The maximum atomic E-state index is 6.03. The first-order valence-electron chi connectivity index (χ1n) is 4.61. The summed E-state index contributed by atoms with van der Waals surface area (Å²) in [5, 5.41) is 1.75. The SMILES string of the molecule is CC(C)(C)c1cc2cncc(Cl)c2[nH]1. The van der Waals surface area contributed by atoms with E-state index < -0.39 is 0 Å². The second kappa shape index (κ2) is 2.99. The van der Waals surface area contributed by atoms with Crippen LogP contribution in [0.2, 0.25) is 5.02 Å². The zero-order valence-corrected chi connectivity index (χ0v) is 9.31. The number of fused-ring (bicyclic) bond motifs is 1. The lowest BCUT2D eigenvalue weighted by Crippen LogP contribution is -2.10. The lowest BCUT2D eigenvalue weighted by molar-refractivity contribution is 0.574. The van der Waals surface area contributed by atoms with Gasteiger partial charge in [-0.1, -0.05) is 32.4 Å². The summed E-state index contributed by atoms with van der Waals surface area (Å²) in [6.07, 6.45) is 3.49. The van der Waals surface area contributed by atoms with Crippen molar-refractivity contribution in [3.63, 3.8) is 0 Å². The number of aromatic amines is 1. The number of aromatic nitrogens is 2. The Morgan fingerprint density at radius 3 is 2.57 bits per heavy atom. The number of hydrogen-bond donors (Lipinski definition) is 1. The van der Waals surface area contributed by atoms with Gasteiger partial charge in [-0.15, -0.1) is 0 Å². The molecule has 0 unspecified atom stereocenters. The number of rotatable bonds is 0. The van der Waals surface area contributed by atoms with Crippen LogP contribution >= 0.6 is 11.6 Å². The van der Waals surface area contributed by atoms with Crippen molar-refractivity contribution < 1.29 is 0 Å². The summed E-state index contributed by atoms with van der Waals surface area (Å²) in [4.78, 5) is 7.39. The molecule has 0 bridgehead atoms. The molecule has 0 atom stereocenters. The van der Waals surface area contributed by atoms with Crippen molar-refractivity contribution in [1.29, 1.82) is 0 Å². The molecule has 0 aliphatic rings. The smallest absolute Gasteiger partial charge is 0.0830 e. The predicted molar refractivity (Wildman–Crippen MR) is 59.8 cm³/mol. The molecular formula is C11H13ClN2. The molecule has 2 aromatic rings.